The van der Waals surface area contributed by atoms with Crippen molar-refractivity contribution in [2.45, 2.75) is 51.7 Å². The molecular formula is C17H26FNO. The molecule has 0 radical (unpaired) electrons. The summed E-state index contributed by atoms with van der Waals surface area (Å²) in [4.78, 5) is 0. The number of hydrogen-bond acceptors (Lipinski definition) is 2. The molecule has 2 nitrogen and oxygen atoms in total. The fourth-order valence-corrected chi connectivity index (χ4v) is 2.37. The predicted octanol–water partition coefficient (Wildman–Crippen LogP) is 4.07. The first-order chi connectivity index (χ1) is 9.69. The molecule has 2 atom stereocenters. The van der Waals surface area contributed by atoms with E-state index in [2.05, 4.69) is 19.2 Å². The van der Waals surface area contributed by atoms with Crippen LogP contribution < -0.4 is 5.32 Å². The number of halogens is 1. The average Bonchev–Trinajstić information content (AvgIpc) is 3.25. The van der Waals surface area contributed by atoms with Gasteiger partial charge in [0.1, 0.15) is 5.82 Å². The molecule has 1 aromatic rings. The van der Waals surface area contributed by atoms with Gasteiger partial charge in [0, 0.05) is 12.6 Å². The maximum Gasteiger partial charge on any atom is 0.123 e. The largest absolute Gasteiger partial charge is 0.372 e. The van der Waals surface area contributed by atoms with Gasteiger partial charge in [0.2, 0.25) is 0 Å². The third-order valence-corrected chi connectivity index (χ3v) is 3.77. The minimum absolute atomic E-state index is 0.0236. The molecule has 20 heavy (non-hydrogen) atoms. The van der Waals surface area contributed by atoms with Crippen LogP contribution in [0.15, 0.2) is 24.3 Å². The summed E-state index contributed by atoms with van der Waals surface area (Å²) in [5, 5.41) is 3.51. The third kappa shape index (κ3) is 5.22. The Bertz CT molecular complexity index is 388. The Kier molecular flexibility index (Phi) is 5.99. The minimum atomic E-state index is -0.193. The van der Waals surface area contributed by atoms with Crippen molar-refractivity contribution in [3.05, 3.63) is 35.6 Å². The highest BCUT2D eigenvalue weighted by molar-refractivity contribution is 5.19. The first-order valence-corrected chi connectivity index (χ1v) is 7.79. The Balaban J connectivity index is 1.90. The van der Waals surface area contributed by atoms with E-state index in [0.29, 0.717) is 12.0 Å². The van der Waals surface area contributed by atoms with Crippen LogP contribution in [-0.4, -0.2) is 19.2 Å². The SMILES string of the molecule is CCCC(C)COC(CNC1CC1)c1ccc(F)cc1. The molecule has 112 valence electrons. The van der Waals surface area contributed by atoms with Crippen LogP contribution in [0.2, 0.25) is 0 Å². The summed E-state index contributed by atoms with van der Waals surface area (Å²) in [5.41, 5.74) is 1.06. The molecule has 2 rings (SSSR count). The molecule has 1 N–H and O–H groups in total. The van der Waals surface area contributed by atoms with E-state index in [1.54, 1.807) is 0 Å². The van der Waals surface area contributed by atoms with Crippen LogP contribution in [0.25, 0.3) is 0 Å². The van der Waals surface area contributed by atoms with E-state index in [-0.39, 0.29) is 11.9 Å². The van der Waals surface area contributed by atoms with Crippen LogP contribution in [0.1, 0.15) is 51.2 Å². The number of rotatable bonds is 9. The highest BCUT2D eigenvalue weighted by atomic mass is 19.1. The van der Waals surface area contributed by atoms with Crippen molar-refractivity contribution in [3.63, 3.8) is 0 Å². The van der Waals surface area contributed by atoms with Crippen molar-refractivity contribution < 1.29 is 9.13 Å². The van der Waals surface area contributed by atoms with Gasteiger partial charge in [-0.15, -0.1) is 0 Å². The van der Waals surface area contributed by atoms with E-state index in [4.69, 9.17) is 4.74 Å². The molecule has 1 fully saturated rings. The van der Waals surface area contributed by atoms with Gasteiger partial charge in [-0.25, -0.2) is 4.39 Å². The van der Waals surface area contributed by atoms with Crippen molar-refractivity contribution in [1.82, 2.24) is 5.32 Å². The Morgan fingerprint density at radius 1 is 1.30 bits per heavy atom. The fourth-order valence-electron chi connectivity index (χ4n) is 2.37. The molecule has 3 heteroatoms. The summed E-state index contributed by atoms with van der Waals surface area (Å²) in [7, 11) is 0. The van der Waals surface area contributed by atoms with Crippen LogP contribution in [0, 0.1) is 11.7 Å². The van der Waals surface area contributed by atoms with Crippen LogP contribution >= 0.6 is 0 Å². The lowest BCUT2D eigenvalue weighted by Crippen LogP contribution is -2.26. The van der Waals surface area contributed by atoms with Crippen LogP contribution in [0.3, 0.4) is 0 Å². The van der Waals surface area contributed by atoms with Gasteiger partial charge in [-0.1, -0.05) is 32.4 Å². The molecule has 1 aromatic carbocycles. The molecule has 0 aliphatic heterocycles. The van der Waals surface area contributed by atoms with Gasteiger partial charge < -0.3 is 10.1 Å². The highest BCUT2D eigenvalue weighted by Gasteiger charge is 2.23. The summed E-state index contributed by atoms with van der Waals surface area (Å²) in [6.45, 7) is 6.00. The lowest BCUT2D eigenvalue weighted by atomic mass is 10.1. The van der Waals surface area contributed by atoms with Crippen molar-refractivity contribution in [3.8, 4) is 0 Å². The summed E-state index contributed by atoms with van der Waals surface area (Å²) in [5.74, 6) is 0.380. The van der Waals surface area contributed by atoms with Gasteiger partial charge in [-0.3, -0.25) is 0 Å². The van der Waals surface area contributed by atoms with Crippen molar-refractivity contribution in [2.24, 2.45) is 5.92 Å². The van der Waals surface area contributed by atoms with E-state index in [1.807, 2.05) is 12.1 Å². The van der Waals surface area contributed by atoms with Crippen LogP contribution in [0.5, 0.6) is 0 Å². The van der Waals surface area contributed by atoms with Gasteiger partial charge in [0.05, 0.1) is 12.7 Å². The highest BCUT2D eigenvalue weighted by Crippen LogP contribution is 2.23. The van der Waals surface area contributed by atoms with E-state index >= 15 is 0 Å². The molecule has 1 aliphatic carbocycles. The second kappa shape index (κ2) is 7.75. The number of nitrogens with one attached hydrogen (secondary N) is 1. The molecule has 1 aliphatic rings. The summed E-state index contributed by atoms with van der Waals surface area (Å²) in [6.07, 6.45) is 4.93. The monoisotopic (exact) mass is 279 g/mol. The standard InChI is InChI=1S/C17H26FNO/c1-3-4-13(2)12-20-17(11-19-16-9-10-16)14-5-7-15(18)8-6-14/h5-8,13,16-17,19H,3-4,9-12H2,1-2H3. The maximum absolute atomic E-state index is 13.0. The molecule has 0 spiro atoms. The topological polar surface area (TPSA) is 21.3 Å². The lowest BCUT2D eigenvalue weighted by Gasteiger charge is -2.21. The molecule has 0 aromatic heterocycles. The quantitative estimate of drug-likeness (QED) is 0.735. The zero-order valence-electron chi connectivity index (χ0n) is 12.6. The second-order valence-corrected chi connectivity index (χ2v) is 5.95. The summed E-state index contributed by atoms with van der Waals surface area (Å²) in [6, 6.07) is 7.35. The van der Waals surface area contributed by atoms with Gasteiger partial charge in [-0.2, -0.15) is 0 Å². The van der Waals surface area contributed by atoms with Crippen molar-refractivity contribution in [2.75, 3.05) is 13.2 Å². The smallest absolute Gasteiger partial charge is 0.123 e. The number of ether oxygens (including phenoxy) is 1. The Labute approximate surface area is 121 Å². The Morgan fingerprint density at radius 2 is 2.00 bits per heavy atom. The molecule has 0 bridgehead atoms. The molecular weight excluding hydrogens is 253 g/mol. The van der Waals surface area contributed by atoms with Crippen LogP contribution in [-0.2, 0) is 4.74 Å². The minimum Gasteiger partial charge on any atom is -0.372 e. The second-order valence-electron chi connectivity index (χ2n) is 5.95. The molecule has 0 heterocycles. The lowest BCUT2D eigenvalue weighted by molar-refractivity contribution is 0.0297. The van der Waals surface area contributed by atoms with E-state index in [0.717, 1.165) is 18.7 Å². The summed E-state index contributed by atoms with van der Waals surface area (Å²) < 4.78 is 19.1. The Morgan fingerprint density at radius 3 is 2.60 bits per heavy atom. The third-order valence-electron chi connectivity index (χ3n) is 3.77. The summed E-state index contributed by atoms with van der Waals surface area (Å²) >= 11 is 0. The van der Waals surface area contributed by atoms with Gasteiger partial charge in [0.15, 0.2) is 0 Å². The molecule has 0 amide bonds. The average molecular weight is 279 g/mol. The zero-order valence-corrected chi connectivity index (χ0v) is 12.6. The first-order valence-electron chi connectivity index (χ1n) is 7.79. The maximum atomic E-state index is 13.0. The van der Waals surface area contributed by atoms with Gasteiger partial charge in [-0.05, 0) is 42.9 Å². The van der Waals surface area contributed by atoms with E-state index < -0.39 is 0 Å². The normalized spacial score (nSPS) is 17.9. The van der Waals surface area contributed by atoms with E-state index in [9.17, 15) is 4.39 Å². The fraction of sp³-hybridized carbons (Fsp3) is 0.647. The zero-order chi connectivity index (χ0) is 14.4. The molecule has 0 saturated heterocycles. The number of benzene rings is 1. The van der Waals surface area contributed by atoms with Gasteiger partial charge in [0.25, 0.3) is 0 Å². The predicted molar refractivity (Wildman–Crippen MR) is 80.2 cm³/mol. The number of hydrogen-bond donors (Lipinski definition) is 1. The van der Waals surface area contributed by atoms with E-state index in [1.165, 1.54) is 37.8 Å². The molecule has 1 saturated carbocycles. The molecule has 2 unspecified atom stereocenters. The first kappa shape index (κ1) is 15.5. The van der Waals surface area contributed by atoms with Crippen LogP contribution in [0.4, 0.5) is 4.39 Å². The Hall–Kier alpha value is -0.930. The van der Waals surface area contributed by atoms with Gasteiger partial charge >= 0.3 is 0 Å². The van der Waals surface area contributed by atoms with Crippen molar-refractivity contribution >= 4 is 0 Å². The van der Waals surface area contributed by atoms with Crippen molar-refractivity contribution in [1.29, 1.82) is 0 Å².